The topological polar surface area (TPSA) is 99.3 Å². The van der Waals surface area contributed by atoms with Crippen LogP contribution < -0.4 is 10.1 Å². The molecule has 0 saturated carbocycles. The highest BCUT2D eigenvalue weighted by molar-refractivity contribution is 5.94. The molecular formula is C13H14N4O4. The molecule has 1 N–H and O–H groups in total. The van der Waals surface area contributed by atoms with Crippen LogP contribution in [0.2, 0.25) is 0 Å². The van der Waals surface area contributed by atoms with Crippen LogP contribution in [0, 0.1) is 10.1 Å². The van der Waals surface area contributed by atoms with Crippen LogP contribution in [0.4, 0.5) is 5.69 Å². The fourth-order valence-electron chi connectivity index (χ4n) is 1.70. The van der Waals surface area contributed by atoms with E-state index in [-0.39, 0.29) is 11.6 Å². The van der Waals surface area contributed by atoms with Crippen LogP contribution in [-0.2, 0) is 6.54 Å². The molecular weight excluding hydrogens is 276 g/mol. The van der Waals surface area contributed by atoms with Gasteiger partial charge in [-0.25, -0.2) is 0 Å². The Hall–Kier alpha value is -2.90. The largest absolute Gasteiger partial charge is 0.497 e. The summed E-state index contributed by atoms with van der Waals surface area (Å²) in [6.07, 6.45) is 2.49. The predicted octanol–water partition coefficient (Wildman–Crippen LogP) is 1.23. The van der Waals surface area contributed by atoms with Gasteiger partial charge in [0.25, 0.3) is 5.91 Å². The molecule has 110 valence electrons. The molecule has 0 aliphatic heterocycles. The van der Waals surface area contributed by atoms with Gasteiger partial charge < -0.3 is 10.1 Å². The molecule has 0 fully saturated rings. The smallest absolute Gasteiger partial charge is 0.306 e. The van der Waals surface area contributed by atoms with E-state index < -0.39 is 4.92 Å². The minimum atomic E-state index is -0.514. The van der Waals surface area contributed by atoms with E-state index in [4.69, 9.17) is 4.74 Å². The van der Waals surface area contributed by atoms with Gasteiger partial charge in [-0.2, -0.15) is 5.10 Å². The molecule has 1 heterocycles. The molecule has 0 saturated heterocycles. The first-order valence-electron chi connectivity index (χ1n) is 6.19. The van der Waals surface area contributed by atoms with Crippen LogP contribution in [0.3, 0.4) is 0 Å². The summed E-state index contributed by atoms with van der Waals surface area (Å²) in [6, 6.07) is 6.72. The average molecular weight is 290 g/mol. The molecule has 2 rings (SSSR count). The van der Waals surface area contributed by atoms with Crippen molar-refractivity contribution in [1.29, 1.82) is 0 Å². The Morgan fingerprint density at radius 3 is 2.71 bits per heavy atom. The van der Waals surface area contributed by atoms with Gasteiger partial charge in [-0.15, -0.1) is 0 Å². The van der Waals surface area contributed by atoms with Crippen LogP contribution in [0.25, 0.3) is 0 Å². The molecule has 1 aromatic heterocycles. The fraction of sp³-hybridized carbons (Fsp3) is 0.231. The van der Waals surface area contributed by atoms with Crippen molar-refractivity contribution in [2.75, 3.05) is 13.7 Å². The monoisotopic (exact) mass is 290 g/mol. The Morgan fingerprint density at radius 2 is 2.14 bits per heavy atom. The molecule has 0 aliphatic rings. The number of aromatic nitrogens is 2. The first-order chi connectivity index (χ1) is 10.1. The van der Waals surface area contributed by atoms with Crippen LogP contribution in [0.5, 0.6) is 5.75 Å². The van der Waals surface area contributed by atoms with Gasteiger partial charge in [0.2, 0.25) is 0 Å². The third-order valence-electron chi connectivity index (χ3n) is 2.81. The Balaban J connectivity index is 1.84. The number of nitro groups is 1. The van der Waals surface area contributed by atoms with Crippen LogP contribution in [0.1, 0.15) is 10.4 Å². The van der Waals surface area contributed by atoms with Crippen molar-refractivity contribution in [3.8, 4) is 5.75 Å². The van der Waals surface area contributed by atoms with Crippen LogP contribution in [0.15, 0.2) is 36.7 Å². The van der Waals surface area contributed by atoms with Crippen molar-refractivity contribution in [1.82, 2.24) is 15.1 Å². The number of nitrogens with one attached hydrogen (secondary N) is 1. The highest BCUT2D eigenvalue weighted by Crippen LogP contribution is 2.11. The maximum atomic E-state index is 11.9. The molecule has 0 aliphatic carbocycles. The number of amides is 1. The number of benzene rings is 1. The van der Waals surface area contributed by atoms with Crippen LogP contribution in [-0.4, -0.2) is 34.3 Å². The first kappa shape index (κ1) is 14.5. The zero-order valence-electron chi connectivity index (χ0n) is 11.4. The lowest BCUT2D eigenvalue weighted by Crippen LogP contribution is -2.27. The summed E-state index contributed by atoms with van der Waals surface area (Å²) in [7, 11) is 1.55. The SMILES string of the molecule is COc1ccc(C(=O)NCCn2cc([N+](=O)[O-])cn2)cc1. The van der Waals surface area contributed by atoms with Crippen molar-refractivity contribution in [3.05, 3.63) is 52.3 Å². The van der Waals surface area contributed by atoms with Gasteiger partial charge in [0.15, 0.2) is 0 Å². The third-order valence-corrected chi connectivity index (χ3v) is 2.81. The number of ether oxygens (including phenoxy) is 1. The van der Waals surface area contributed by atoms with Crippen molar-refractivity contribution < 1.29 is 14.5 Å². The molecule has 0 unspecified atom stereocenters. The number of methoxy groups -OCH3 is 1. The number of nitrogens with zero attached hydrogens (tertiary/aromatic N) is 3. The number of rotatable bonds is 6. The van der Waals surface area contributed by atoms with Crippen molar-refractivity contribution >= 4 is 11.6 Å². The minimum absolute atomic E-state index is 0.0727. The maximum Gasteiger partial charge on any atom is 0.306 e. The molecule has 21 heavy (non-hydrogen) atoms. The van der Waals surface area contributed by atoms with E-state index in [1.807, 2.05) is 0 Å². The van der Waals surface area contributed by atoms with Gasteiger partial charge in [-0.1, -0.05) is 0 Å². The lowest BCUT2D eigenvalue weighted by Gasteiger charge is -2.06. The van der Waals surface area contributed by atoms with Gasteiger partial charge >= 0.3 is 5.69 Å². The lowest BCUT2D eigenvalue weighted by molar-refractivity contribution is -0.385. The van der Waals surface area contributed by atoms with Crippen molar-refractivity contribution in [3.63, 3.8) is 0 Å². The first-order valence-corrected chi connectivity index (χ1v) is 6.19. The van der Waals surface area contributed by atoms with Gasteiger partial charge in [-0.05, 0) is 24.3 Å². The standard InChI is InChI=1S/C13H14N4O4/c1-21-12-4-2-10(3-5-12)13(18)14-6-7-16-9-11(8-15-16)17(19)20/h2-5,8-9H,6-7H2,1H3,(H,14,18). The number of carbonyl (C=O) groups is 1. The van der Waals surface area contributed by atoms with E-state index in [1.165, 1.54) is 17.1 Å². The van der Waals surface area contributed by atoms with E-state index in [0.717, 1.165) is 0 Å². The molecule has 1 amide bonds. The molecule has 1 aromatic carbocycles. The minimum Gasteiger partial charge on any atom is -0.497 e. The van der Waals surface area contributed by atoms with Crippen LogP contribution >= 0.6 is 0 Å². The van der Waals surface area contributed by atoms with Gasteiger partial charge in [-0.3, -0.25) is 19.6 Å². The zero-order chi connectivity index (χ0) is 15.2. The van der Waals surface area contributed by atoms with E-state index in [2.05, 4.69) is 10.4 Å². The van der Waals surface area contributed by atoms with Crippen molar-refractivity contribution in [2.24, 2.45) is 0 Å². The quantitative estimate of drug-likeness (QED) is 0.637. The van der Waals surface area contributed by atoms with Gasteiger partial charge in [0.05, 0.1) is 18.6 Å². The summed E-state index contributed by atoms with van der Waals surface area (Å²) in [5.41, 5.74) is 0.443. The summed E-state index contributed by atoms with van der Waals surface area (Å²) >= 11 is 0. The van der Waals surface area contributed by atoms with E-state index >= 15 is 0 Å². The highest BCUT2D eigenvalue weighted by atomic mass is 16.6. The molecule has 0 atom stereocenters. The van der Waals surface area contributed by atoms with E-state index in [1.54, 1.807) is 31.4 Å². The van der Waals surface area contributed by atoms with Crippen molar-refractivity contribution in [2.45, 2.75) is 6.54 Å². The normalized spacial score (nSPS) is 10.1. The van der Waals surface area contributed by atoms with Gasteiger partial charge in [0.1, 0.15) is 18.1 Å². The molecule has 0 radical (unpaired) electrons. The Morgan fingerprint density at radius 1 is 1.43 bits per heavy atom. The summed E-state index contributed by atoms with van der Waals surface area (Å²) in [6.45, 7) is 0.680. The maximum absolute atomic E-state index is 11.9. The summed E-state index contributed by atoms with van der Waals surface area (Å²) in [5.74, 6) is 0.453. The molecule has 0 bridgehead atoms. The fourth-order valence-corrected chi connectivity index (χ4v) is 1.70. The lowest BCUT2D eigenvalue weighted by atomic mass is 10.2. The Kier molecular flexibility index (Phi) is 4.50. The number of hydrogen-bond donors (Lipinski definition) is 1. The average Bonchev–Trinajstić information content (AvgIpc) is 2.96. The molecule has 8 nitrogen and oxygen atoms in total. The van der Waals surface area contributed by atoms with E-state index in [0.29, 0.717) is 24.4 Å². The highest BCUT2D eigenvalue weighted by Gasteiger charge is 2.09. The second-order valence-electron chi connectivity index (χ2n) is 4.20. The summed E-state index contributed by atoms with van der Waals surface area (Å²) < 4.78 is 6.42. The number of carbonyl (C=O) groups excluding carboxylic acids is 1. The number of hydrogen-bond acceptors (Lipinski definition) is 5. The summed E-state index contributed by atoms with van der Waals surface area (Å²) in [4.78, 5) is 21.8. The Bertz CT molecular complexity index is 636. The second kappa shape index (κ2) is 6.51. The second-order valence-corrected chi connectivity index (χ2v) is 4.20. The predicted molar refractivity (Wildman–Crippen MR) is 74.2 cm³/mol. The molecule has 2 aromatic rings. The molecule has 8 heteroatoms. The third kappa shape index (κ3) is 3.78. The van der Waals surface area contributed by atoms with Gasteiger partial charge in [0, 0.05) is 12.1 Å². The Labute approximate surface area is 120 Å². The zero-order valence-corrected chi connectivity index (χ0v) is 11.4. The molecule has 0 spiro atoms. The summed E-state index contributed by atoms with van der Waals surface area (Å²) in [5, 5.41) is 17.1. The van der Waals surface area contributed by atoms with E-state index in [9.17, 15) is 14.9 Å².